The Hall–Kier alpha value is -0.920. The third kappa shape index (κ3) is 8.99. The van der Waals surface area contributed by atoms with E-state index in [-0.39, 0.29) is 0 Å². The van der Waals surface area contributed by atoms with Crippen molar-refractivity contribution in [3.05, 3.63) is 17.7 Å². The number of nitrogens with zero attached hydrogens (tertiary/aromatic N) is 1. The average molecular weight is 208 g/mol. The molecule has 0 saturated carbocycles. The largest absolute Gasteiger partial charge is 0.394 e. The molecule has 0 aliphatic carbocycles. The highest BCUT2D eigenvalue weighted by Crippen LogP contribution is 1.93. The molecule has 0 aliphatic heterocycles. The number of H-pyrrole nitrogens is 1. The first-order chi connectivity index (χ1) is 5.83. The summed E-state index contributed by atoms with van der Waals surface area (Å²) in [5, 5.41) is 0. The molecule has 7 heteroatoms. The molecule has 1 heterocycles. The van der Waals surface area contributed by atoms with Crippen molar-refractivity contribution in [2.75, 3.05) is 0 Å². The molecule has 0 aromatic carbocycles. The van der Waals surface area contributed by atoms with Gasteiger partial charge in [-0.3, -0.25) is 9.11 Å². The van der Waals surface area contributed by atoms with E-state index in [4.69, 9.17) is 17.5 Å². The van der Waals surface area contributed by atoms with Crippen LogP contribution in [0.3, 0.4) is 0 Å². The van der Waals surface area contributed by atoms with Crippen molar-refractivity contribution in [1.29, 1.82) is 0 Å². The number of aryl methyl sites for hydroxylation is 2. The van der Waals surface area contributed by atoms with Gasteiger partial charge in [0.1, 0.15) is 5.82 Å². The lowest BCUT2D eigenvalue weighted by molar-refractivity contribution is 0.381. The maximum absolute atomic E-state index is 8.74. The minimum Gasteiger partial charge on any atom is -0.348 e. The number of aromatic nitrogens is 2. The van der Waals surface area contributed by atoms with Crippen LogP contribution in [-0.2, 0) is 16.8 Å². The Morgan fingerprint density at radius 1 is 1.54 bits per heavy atom. The minimum atomic E-state index is -4.67. The Morgan fingerprint density at radius 2 is 2.00 bits per heavy atom. The molecule has 0 saturated heterocycles. The van der Waals surface area contributed by atoms with Crippen molar-refractivity contribution in [2.24, 2.45) is 0 Å². The summed E-state index contributed by atoms with van der Waals surface area (Å²) in [5.41, 5.74) is 1.07. The summed E-state index contributed by atoms with van der Waals surface area (Å²) in [5.74, 6) is 1.07. The van der Waals surface area contributed by atoms with Gasteiger partial charge in [-0.2, -0.15) is 8.42 Å². The van der Waals surface area contributed by atoms with Crippen molar-refractivity contribution in [2.45, 2.75) is 20.3 Å². The molecule has 0 radical (unpaired) electrons. The highest BCUT2D eigenvalue weighted by Gasteiger charge is 1.89. The van der Waals surface area contributed by atoms with Gasteiger partial charge in [-0.25, -0.2) is 4.98 Å². The van der Waals surface area contributed by atoms with Gasteiger partial charge in [-0.05, 0) is 6.92 Å². The first-order valence-electron chi connectivity index (χ1n) is 3.53. The molecule has 76 valence electrons. The lowest BCUT2D eigenvalue weighted by atomic mass is 10.5. The van der Waals surface area contributed by atoms with Crippen LogP contribution in [0.2, 0.25) is 0 Å². The fraction of sp³-hybridized carbons (Fsp3) is 0.500. The molecule has 0 atom stereocenters. The van der Waals surface area contributed by atoms with Crippen LogP contribution in [0.25, 0.3) is 0 Å². The Kier molecular flexibility index (Phi) is 4.60. The maximum atomic E-state index is 8.74. The lowest BCUT2D eigenvalue weighted by Gasteiger charge is -1.80. The maximum Gasteiger partial charge on any atom is 0.394 e. The second-order valence-corrected chi connectivity index (χ2v) is 3.19. The molecule has 0 amide bonds. The van der Waals surface area contributed by atoms with Gasteiger partial charge < -0.3 is 4.98 Å². The summed E-state index contributed by atoms with van der Waals surface area (Å²) in [6.07, 6.45) is 2.91. The standard InChI is InChI=1S/C6H10N2.H2O4S/c1-3-6-7-4-5(2)8-6;1-5(2,3)4/h4H,3H2,1-2H3,(H,7,8);(H2,1,2,3,4). The van der Waals surface area contributed by atoms with Crippen LogP contribution in [0, 0.1) is 6.92 Å². The monoisotopic (exact) mass is 208 g/mol. The summed E-state index contributed by atoms with van der Waals surface area (Å²) in [6.45, 7) is 4.06. The molecule has 3 N–H and O–H groups in total. The predicted octanol–water partition coefficient (Wildman–Crippen LogP) is 0.628. The van der Waals surface area contributed by atoms with Crippen LogP contribution in [0.4, 0.5) is 0 Å². The van der Waals surface area contributed by atoms with Crippen LogP contribution >= 0.6 is 0 Å². The van der Waals surface area contributed by atoms with Crippen LogP contribution < -0.4 is 0 Å². The number of nitrogens with one attached hydrogen (secondary N) is 1. The zero-order valence-corrected chi connectivity index (χ0v) is 8.17. The lowest BCUT2D eigenvalue weighted by Crippen LogP contribution is -1.89. The molecule has 1 rings (SSSR count). The number of hydrogen-bond acceptors (Lipinski definition) is 3. The van der Waals surface area contributed by atoms with Gasteiger partial charge in [-0.1, -0.05) is 6.92 Å². The van der Waals surface area contributed by atoms with Gasteiger partial charge in [0.15, 0.2) is 0 Å². The summed E-state index contributed by atoms with van der Waals surface area (Å²) < 4.78 is 31.6. The van der Waals surface area contributed by atoms with Crippen molar-refractivity contribution < 1.29 is 17.5 Å². The summed E-state index contributed by atoms with van der Waals surface area (Å²) in [7, 11) is -4.67. The third-order valence-corrected chi connectivity index (χ3v) is 1.09. The number of hydrogen-bond donors (Lipinski definition) is 3. The van der Waals surface area contributed by atoms with E-state index in [1.165, 1.54) is 0 Å². The van der Waals surface area contributed by atoms with Crippen molar-refractivity contribution in [3.8, 4) is 0 Å². The van der Waals surface area contributed by atoms with Crippen LogP contribution in [-0.4, -0.2) is 27.5 Å². The number of imidazole rings is 1. The summed E-state index contributed by atoms with van der Waals surface area (Å²) >= 11 is 0. The van der Waals surface area contributed by atoms with Crippen molar-refractivity contribution >= 4 is 10.4 Å². The third-order valence-electron chi connectivity index (χ3n) is 1.09. The van der Waals surface area contributed by atoms with E-state index in [1.54, 1.807) is 0 Å². The van der Waals surface area contributed by atoms with E-state index in [2.05, 4.69) is 16.9 Å². The topological polar surface area (TPSA) is 103 Å². The second-order valence-electron chi connectivity index (χ2n) is 2.29. The molecule has 0 aliphatic rings. The van der Waals surface area contributed by atoms with Crippen LogP contribution in [0.15, 0.2) is 6.20 Å². The van der Waals surface area contributed by atoms with E-state index in [0.29, 0.717) is 0 Å². The first kappa shape index (κ1) is 12.1. The molecular formula is C6H12N2O4S. The van der Waals surface area contributed by atoms with Crippen LogP contribution in [0.1, 0.15) is 18.4 Å². The molecule has 1 aromatic heterocycles. The normalized spacial score (nSPS) is 10.5. The smallest absolute Gasteiger partial charge is 0.348 e. The Morgan fingerprint density at radius 3 is 2.15 bits per heavy atom. The van der Waals surface area contributed by atoms with Gasteiger partial charge in [-0.15, -0.1) is 0 Å². The van der Waals surface area contributed by atoms with E-state index in [0.717, 1.165) is 17.9 Å². The molecule has 0 unspecified atom stereocenters. The molecule has 13 heavy (non-hydrogen) atoms. The fourth-order valence-corrected chi connectivity index (χ4v) is 0.646. The van der Waals surface area contributed by atoms with E-state index in [9.17, 15) is 0 Å². The zero-order chi connectivity index (χ0) is 10.5. The SMILES string of the molecule is CCc1nc(C)c[nH]1.O=S(=O)(O)O. The Labute approximate surface area is 76.6 Å². The van der Waals surface area contributed by atoms with Gasteiger partial charge in [0.2, 0.25) is 0 Å². The highest BCUT2D eigenvalue weighted by atomic mass is 32.3. The second kappa shape index (κ2) is 4.95. The van der Waals surface area contributed by atoms with Gasteiger partial charge >= 0.3 is 10.4 Å². The molecular weight excluding hydrogens is 196 g/mol. The number of aromatic amines is 1. The molecule has 0 bridgehead atoms. The van der Waals surface area contributed by atoms with Crippen LogP contribution in [0.5, 0.6) is 0 Å². The van der Waals surface area contributed by atoms with Gasteiger partial charge in [0, 0.05) is 12.6 Å². The Balaban J connectivity index is 0.000000252. The predicted molar refractivity (Wildman–Crippen MR) is 46.9 cm³/mol. The quantitative estimate of drug-likeness (QED) is 0.587. The fourth-order valence-electron chi connectivity index (χ4n) is 0.646. The minimum absolute atomic E-state index is 0.994. The average Bonchev–Trinajstić information content (AvgIpc) is 2.31. The van der Waals surface area contributed by atoms with Crippen molar-refractivity contribution in [1.82, 2.24) is 9.97 Å². The van der Waals surface area contributed by atoms with Gasteiger partial charge in [0.25, 0.3) is 0 Å². The van der Waals surface area contributed by atoms with E-state index >= 15 is 0 Å². The molecule has 0 spiro atoms. The van der Waals surface area contributed by atoms with E-state index < -0.39 is 10.4 Å². The van der Waals surface area contributed by atoms with Gasteiger partial charge in [0.05, 0.1) is 5.69 Å². The summed E-state index contributed by atoms with van der Waals surface area (Å²) in [6, 6.07) is 0. The highest BCUT2D eigenvalue weighted by molar-refractivity contribution is 7.79. The summed E-state index contributed by atoms with van der Waals surface area (Å²) in [4.78, 5) is 7.22. The molecule has 0 fully saturated rings. The molecule has 1 aromatic rings. The number of rotatable bonds is 1. The van der Waals surface area contributed by atoms with E-state index in [1.807, 2.05) is 13.1 Å². The first-order valence-corrected chi connectivity index (χ1v) is 4.93. The molecule has 6 nitrogen and oxygen atoms in total. The Bertz CT molecular complexity index is 335. The van der Waals surface area contributed by atoms with Crippen molar-refractivity contribution in [3.63, 3.8) is 0 Å². The zero-order valence-electron chi connectivity index (χ0n) is 7.35.